The van der Waals surface area contributed by atoms with Gasteiger partial charge in [0.15, 0.2) is 11.5 Å². The molecule has 154 valence electrons. The molecule has 2 saturated heterocycles. The van der Waals surface area contributed by atoms with Gasteiger partial charge in [-0.3, -0.25) is 14.7 Å². The van der Waals surface area contributed by atoms with Crippen molar-refractivity contribution < 1.29 is 27.5 Å². The first-order valence-electron chi connectivity index (χ1n) is 9.10. The molecule has 28 heavy (non-hydrogen) atoms. The van der Waals surface area contributed by atoms with Gasteiger partial charge in [-0.1, -0.05) is 0 Å². The van der Waals surface area contributed by atoms with Crippen LogP contribution in [0.2, 0.25) is 0 Å². The first kappa shape index (κ1) is 20.3. The highest BCUT2D eigenvalue weighted by molar-refractivity contribution is 5.99. The van der Waals surface area contributed by atoms with E-state index in [-0.39, 0.29) is 18.3 Å². The van der Waals surface area contributed by atoms with Gasteiger partial charge in [0.1, 0.15) is 5.60 Å². The Morgan fingerprint density at radius 3 is 2.29 bits per heavy atom. The van der Waals surface area contributed by atoms with Crippen molar-refractivity contribution in [2.45, 2.75) is 51.8 Å². The van der Waals surface area contributed by atoms with Crippen LogP contribution in [-0.2, 0) is 15.7 Å². The number of halogens is 3. The Morgan fingerprint density at radius 1 is 1.11 bits per heavy atom. The number of alkyl halides is 3. The Morgan fingerprint density at radius 2 is 1.71 bits per heavy atom. The molecule has 1 aromatic heterocycles. The number of carbonyl (C=O) groups excluding carboxylic acids is 2. The summed E-state index contributed by atoms with van der Waals surface area (Å²) in [6, 6.07) is 0. The van der Waals surface area contributed by atoms with Crippen LogP contribution in [0, 0.1) is 5.41 Å². The van der Waals surface area contributed by atoms with Crippen molar-refractivity contribution in [2.75, 3.05) is 24.5 Å². The average molecular weight is 400 g/mol. The summed E-state index contributed by atoms with van der Waals surface area (Å²) in [6.07, 6.45) is -1.86. The lowest BCUT2D eigenvalue weighted by Gasteiger charge is -2.38. The first-order chi connectivity index (χ1) is 12.9. The number of hydrogen-bond donors (Lipinski definition) is 0. The van der Waals surface area contributed by atoms with Gasteiger partial charge in [0.05, 0.1) is 17.8 Å². The molecule has 0 aliphatic carbocycles. The highest BCUT2D eigenvalue weighted by Crippen LogP contribution is 2.43. The van der Waals surface area contributed by atoms with Crippen molar-refractivity contribution >= 4 is 17.8 Å². The first-order valence-corrected chi connectivity index (χ1v) is 9.10. The average Bonchev–Trinajstić information content (AvgIpc) is 2.90. The van der Waals surface area contributed by atoms with Gasteiger partial charge in [-0.25, -0.2) is 9.78 Å². The summed E-state index contributed by atoms with van der Waals surface area (Å²) in [4.78, 5) is 35.2. The Bertz CT molecular complexity index is 768. The number of carbonyl (C=O) groups is 2. The fraction of sp³-hybridized carbons (Fsp3) is 0.667. The molecular weight excluding hydrogens is 377 g/mol. The zero-order chi connectivity index (χ0) is 20.7. The Balaban J connectivity index is 1.69. The summed E-state index contributed by atoms with van der Waals surface area (Å²) in [5, 5.41) is 0. The molecule has 0 radical (unpaired) electrons. The van der Waals surface area contributed by atoms with Crippen LogP contribution in [0.25, 0.3) is 0 Å². The molecule has 1 spiro atoms. The van der Waals surface area contributed by atoms with Crippen LogP contribution in [0.3, 0.4) is 0 Å². The topological polar surface area (TPSA) is 75.6 Å². The lowest BCUT2D eigenvalue weighted by atomic mass is 9.77. The Labute approximate surface area is 160 Å². The molecule has 2 fully saturated rings. The smallest absolute Gasteiger partial charge is 0.434 e. The van der Waals surface area contributed by atoms with E-state index in [4.69, 9.17) is 4.74 Å². The monoisotopic (exact) mass is 400 g/mol. The maximum atomic E-state index is 13.0. The van der Waals surface area contributed by atoms with Crippen molar-refractivity contribution in [1.82, 2.24) is 14.9 Å². The quantitative estimate of drug-likeness (QED) is 0.723. The Hall–Kier alpha value is -2.39. The molecule has 0 unspecified atom stereocenters. The molecule has 10 heteroatoms. The number of rotatable bonds is 1. The van der Waals surface area contributed by atoms with Crippen LogP contribution in [0.5, 0.6) is 0 Å². The number of anilines is 1. The molecule has 0 N–H and O–H groups in total. The second-order valence-electron chi connectivity index (χ2n) is 8.21. The SMILES string of the molecule is CC(C)(C)OC(=O)N1CCC2(CC1)CCN(c1cncc(C(F)(F)F)n1)C2=O. The predicted octanol–water partition coefficient (Wildman–Crippen LogP) is 3.25. The molecule has 2 aliphatic heterocycles. The summed E-state index contributed by atoms with van der Waals surface area (Å²) in [5.74, 6) is -0.351. The van der Waals surface area contributed by atoms with Crippen molar-refractivity contribution in [3.8, 4) is 0 Å². The fourth-order valence-electron chi connectivity index (χ4n) is 3.57. The van der Waals surface area contributed by atoms with Crippen molar-refractivity contribution in [3.63, 3.8) is 0 Å². The molecule has 0 bridgehead atoms. The molecule has 0 saturated carbocycles. The van der Waals surface area contributed by atoms with E-state index in [1.54, 1.807) is 25.7 Å². The van der Waals surface area contributed by atoms with E-state index in [2.05, 4.69) is 9.97 Å². The van der Waals surface area contributed by atoms with Crippen LogP contribution in [0.4, 0.5) is 23.8 Å². The van der Waals surface area contributed by atoms with Gasteiger partial charge in [0.25, 0.3) is 0 Å². The van der Waals surface area contributed by atoms with Gasteiger partial charge in [0.2, 0.25) is 5.91 Å². The van der Waals surface area contributed by atoms with Gasteiger partial charge >= 0.3 is 12.3 Å². The standard InChI is InChI=1S/C18H23F3N4O3/c1-16(2,3)28-15(27)24-7-4-17(5-8-24)6-9-25(14(17)26)13-11-22-10-12(23-13)18(19,20)21/h10-11H,4-9H2,1-3H3. The van der Waals surface area contributed by atoms with E-state index in [9.17, 15) is 22.8 Å². The second kappa shape index (κ2) is 6.89. The maximum absolute atomic E-state index is 13.0. The predicted molar refractivity (Wildman–Crippen MR) is 93.5 cm³/mol. The van der Waals surface area contributed by atoms with Crippen molar-refractivity contribution in [2.24, 2.45) is 5.41 Å². The van der Waals surface area contributed by atoms with E-state index >= 15 is 0 Å². The molecule has 3 rings (SSSR count). The molecule has 7 nitrogen and oxygen atoms in total. The van der Waals surface area contributed by atoms with Gasteiger partial charge in [-0.2, -0.15) is 13.2 Å². The van der Waals surface area contributed by atoms with E-state index in [0.717, 1.165) is 0 Å². The lowest BCUT2D eigenvalue weighted by Crippen LogP contribution is -2.48. The summed E-state index contributed by atoms with van der Waals surface area (Å²) < 4.78 is 44.0. The maximum Gasteiger partial charge on any atom is 0.434 e. The Kier molecular flexibility index (Phi) is 5.01. The molecule has 2 amide bonds. The minimum Gasteiger partial charge on any atom is -0.444 e. The van der Waals surface area contributed by atoms with Gasteiger partial charge in [0, 0.05) is 19.6 Å². The van der Waals surface area contributed by atoms with Crippen LogP contribution < -0.4 is 4.90 Å². The third-order valence-electron chi connectivity index (χ3n) is 5.07. The van der Waals surface area contributed by atoms with Gasteiger partial charge < -0.3 is 9.64 Å². The molecular formula is C18H23F3N4O3. The normalized spacial score (nSPS) is 20.0. The summed E-state index contributed by atoms with van der Waals surface area (Å²) >= 11 is 0. The number of aromatic nitrogens is 2. The van der Waals surface area contributed by atoms with E-state index in [1.165, 1.54) is 11.1 Å². The number of likely N-dealkylation sites (tertiary alicyclic amines) is 1. The molecule has 1 aromatic rings. The fourth-order valence-corrected chi connectivity index (χ4v) is 3.57. The third-order valence-corrected chi connectivity index (χ3v) is 5.07. The number of piperidine rings is 1. The number of amides is 2. The van der Waals surface area contributed by atoms with Gasteiger partial charge in [-0.05, 0) is 40.0 Å². The van der Waals surface area contributed by atoms with E-state index in [0.29, 0.717) is 38.5 Å². The second-order valence-corrected chi connectivity index (χ2v) is 8.21. The van der Waals surface area contributed by atoms with Gasteiger partial charge in [-0.15, -0.1) is 0 Å². The van der Waals surface area contributed by atoms with E-state index < -0.39 is 29.0 Å². The molecule has 3 heterocycles. The number of ether oxygens (including phenoxy) is 1. The summed E-state index contributed by atoms with van der Waals surface area (Å²) in [7, 11) is 0. The minimum absolute atomic E-state index is 0.0914. The number of hydrogen-bond acceptors (Lipinski definition) is 5. The summed E-state index contributed by atoms with van der Waals surface area (Å²) in [6.45, 7) is 6.35. The third kappa shape index (κ3) is 4.05. The lowest BCUT2D eigenvalue weighted by molar-refractivity contribution is -0.141. The van der Waals surface area contributed by atoms with E-state index in [1.807, 2.05) is 0 Å². The van der Waals surface area contributed by atoms with Crippen LogP contribution in [0.1, 0.15) is 45.7 Å². The van der Waals surface area contributed by atoms with Crippen LogP contribution >= 0.6 is 0 Å². The number of nitrogens with zero attached hydrogens (tertiary/aromatic N) is 4. The highest BCUT2D eigenvalue weighted by Gasteiger charge is 2.50. The van der Waals surface area contributed by atoms with Crippen LogP contribution in [-0.4, -0.2) is 52.1 Å². The largest absolute Gasteiger partial charge is 0.444 e. The summed E-state index contributed by atoms with van der Waals surface area (Å²) in [5.41, 5.74) is -2.42. The van der Waals surface area contributed by atoms with Crippen molar-refractivity contribution in [3.05, 3.63) is 18.1 Å². The molecule has 0 aromatic carbocycles. The minimum atomic E-state index is -4.62. The molecule has 2 aliphatic rings. The van der Waals surface area contributed by atoms with Crippen LogP contribution in [0.15, 0.2) is 12.4 Å². The highest BCUT2D eigenvalue weighted by atomic mass is 19.4. The van der Waals surface area contributed by atoms with Crippen molar-refractivity contribution in [1.29, 1.82) is 0 Å². The zero-order valence-corrected chi connectivity index (χ0v) is 16.0. The zero-order valence-electron chi connectivity index (χ0n) is 16.0. The molecule has 0 atom stereocenters.